The summed E-state index contributed by atoms with van der Waals surface area (Å²) in [5.74, 6) is -1.32. The average Bonchev–Trinajstić information content (AvgIpc) is 2.99. The molecule has 0 aliphatic carbocycles. The summed E-state index contributed by atoms with van der Waals surface area (Å²) in [5.41, 5.74) is 1.92. The number of likely N-dealkylation sites (N-methyl/N-ethyl adjacent to an activating group) is 1. The highest BCUT2D eigenvalue weighted by molar-refractivity contribution is 5.71. The number of anilines is 1. The van der Waals surface area contributed by atoms with E-state index in [0.29, 0.717) is 62.5 Å². The molecule has 244 valence electrons. The van der Waals surface area contributed by atoms with Crippen molar-refractivity contribution in [3.63, 3.8) is 0 Å². The molecule has 1 amide bonds. The van der Waals surface area contributed by atoms with Gasteiger partial charge in [0.25, 0.3) is 0 Å². The third-order valence-corrected chi connectivity index (χ3v) is 8.77. The molecule has 0 unspecified atom stereocenters. The standard InChI is InChI=1S/C33H48FN3O7/c1-22-5-7-29(39)19-31(40)44-32(23(2)6-8-30(22)43-33(41)36-11-9-35(4)10-12-36)24(3)15-25-16-26(34)18-27(17-25)37-13-14-42-21-28(37)20-38/h6,8,15-18,22-23,28-30,32,38-39H,5,7,9-14,19-21H2,1-4H3/b8-6+,24-15+/t22-,23-,28-,29+,30-,32-/m0/s1. The molecule has 2 fully saturated rings. The Hall–Kier alpha value is -2.99. The van der Waals surface area contributed by atoms with E-state index in [-0.39, 0.29) is 37.0 Å². The van der Waals surface area contributed by atoms with Gasteiger partial charge in [-0.3, -0.25) is 4.79 Å². The first-order valence-electron chi connectivity index (χ1n) is 15.7. The molecule has 44 heavy (non-hydrogen) atoms. The average molecular weight is 618 g/mol. The van der Waals surface area contributed by atoms with Gasteiger partial charge in [-0.2, -0.15) is 0 Å². The minimum absolute atomic E-state index is 0.0799. The maximum atomic E-state index is 14.8. The van der Waals surface area contributed by atoms with Crippen molar-refractivity contribution in [2.24, 2.45) is 11.8 Å². The number of amides is 1. The molecule has 3 aliphatic heterocycles. The van der Waals surface area contributed by atoms with Crippen molar-refractivity contribution in [3.05, 3.63) is 47.3 Å². The molecule has 0 spiro atoms. The lowest BCUT2D eigenvalue weighted by atomic mass is 9.91. The molecule has 6 atom stereocenters. The lowest BCUT2D eigenvalue weighted by Gasteiger charge is -2.36. The van der Waals surface area contributed by atoms with Crippen LogP contribution < -0.4 is 4.90 Å². The summed E-state index contributed by atoms with van der Waals surface area (Å²) in [6.07, 6.45) is 3.88. The third-order valence-electron chi connectivity index (χ3n) is 8.77. The van der Waals surface area contributed by atoms with Crippen LogP contribution in [-0.2, 0) is 19.0 Å². The molecular weight excluding hydrogens is 569 g/mol. The minimum Gasteiger partial charge on any atom is -0.457 e. The quantitative estimate of drug-likeness (QED) is 0.379. The fraction of sp³-hybridized carbons (Fsp3) is 0.636. The summed E-state index contributed by atoms with van der Waals surface area (Å²) < 4.78 is 32.2. The number of ether oxygens (including phenoxy) is 3. The number of carbonyl (C=O) groups is 2. The van der Waals surface area contributed by atoms with E-state index in [1.165, 1.54) is 12.1 Å². The monoisotopic (exact) mass is 617 g/mol. The fourth-order valence-electron chi connectivity index (χ4n) is 5.97. The van der Waals surface area contributed by atoms with Gasteiger partial charge in [0.2, 0.25) is 0 Å². The Balaban J connectivity index is 1.57. The lowest BCUT2D eigenvalue weighted by molar-refractivity contribution is -0.151. The molecule has 0 radical (unpaired) electrons. The summed E-state index contributed by atoms with van der Waals surface area (Å²) in [4.78, 5) is 31.7. The first kappa shape index (κ1) is 33.9. The van der Waals surface area contributed by atoms with Crippen LogP contribution in [-0.4, -0.2) is 116 Å². The molecular formula is C33H48FN3O7. The SMILES string of the molecule is C/C(=C\c1cc(F)cc(N2CCOC[C@@H]2CO)c1)[C@H]1OC(=O)C[C@H](O)CC[C@H](C)[C@@H](OC(=O)N2CCN(C)CC2)/C=C/[C@@H]1C. The topological polar surface area (TPSA) is 112 Å². The predicted octanol–water partition coefficient (Wildman–Crippen LogP) is 3.46. The number of aliphatic hydroxyl groups excluding tert-OH is 2. The number of esters is 1. The normalized spacial score (nSPS) is 30.6. The zero-order valence-electron chi connectivity index (χ0n) is 26.4. The van der Waals surface area contributed by atoms with Gasteiger partial charge in [0, 0.05) is 44.3 Å². The van der Waals surface area contributed by atoms with E-state index in [2.05, 4.69) is 4.90 Å². The molecule has 0 aromatic heterocycles. The second kappa shape index (κ2) is 15.8. The Kier molecular flexibility index (Phi) is 12.2. The van der Waals surface area contributed by atoms with Gasteiger partial charge in [-0.05, 0) is 68.1 Å². The Bertz CT molecular complexity index is 1190. The van der Waals surface area contributed by atoms with Crippen molar-refractivity contribution in [1.82, 2.24) is 9.80 Å². The van der Waals surface area contributed by atoms with E-state index in [1.54, 1.807) is 11.0 Å². The summed E-state index contributed by atoms with van der Waals surface area (Å²) in [6.45, 7) is 9.75. The number of hydrogen-bond acceptors (Lipinski definition) is 9. The molecule has 2 N–H and O–H groups in total. The van der Waals surface area contributed by atoms with Gasteiger partial charge in [-0.25, -0.2) is 9.18 Å². The number of rotatable bonds is 5. The number of carbonyl (C=O) groups excluding carboxylic acids is 2. The molecule has 0 saturated carbocycles. The van der Waals surface area contributed by atoms with Crippen molar-refractivity contribution in [3.8, 4) is 0 Å². The number of morpholine rings is 1. The molecule has 4 rings (SSSR count). The van der Waals surface area contributed by atoms with Gasteiger partial charge >= 0.3 is 12.1 Å². The second-order valence-electron chi connectivity index (χ2n) is 12.4. The van der Waals surface area contributed by atoms with Crippen LogP contribution in [0.3, 0.4) is 0 Å². The Morgan fingerprint density at radius 1 is 1.11 bits per heavy atom. The van der Waals surface area contributed by atoms with Crippen molar-refractivity contribution in [2.45, 2.75) is 64.4 Å². The molecule has 11 heteroatoms. The number of nitrogens with zero attached hydrogens (tertiary/aromatic N) is 3. The van der Waals surface area contributed by atoms with E-state index < -0.39 is 30.1 Å². The Morgan fingerprint density at radius 2 is 1.86 bits per heavy atom. The van der Waals surface area contributed by atoms with Crippen molar-refractivity contribution in [2.75, 3.05) is 64.5 Å². The van der Waals surface area contributed by atoms with Gasteiger partial charge in [-0.15, -0.1) is 0 Å². The van der Waals surface area contributed by atoms with Crippen LogP contribution in [0.25, 0.3) is 6.08 Å². The van der Waals surface area contributed by atoms with E-state index in [4.69, 9.17) is 14.2 Å². The summed E-state index contributed by atoms with van der Waals surface area (Å²) in [7, 11) is 2.02. The highest BCUT2D eigenvalue weighted by atomic mass is 19.1. The Labute approximate surface area is 260 Å². The summed E-state index contributed by atoms with van der Waals surface area (Å²) >= 11 is 0. The number of aliphatic hydroxyl groups is 2. The van der Waals surface area contributed by atoms with Crippen LogP contribution in [0.2, 0.25) is 0 Å². The predicted molar refractivity (Wildman–Crippen MR) is 166 cm³/mol. The zero-order chi connectivity index (χ0) is 31.8. The van der Waals surface area contributed by atoms with Crippen LogP contribution in [0, 0.1) is 17.7 Å². The van der Waals surface area contributed by atoms with Crippen LogP contribution in [0.15, 0.2) is 35.9 Å². The van der Waals surface area contributed by atoms with Crippen molar-refractivity contribution < 1.29 is 38.4 Å². The van der Waals surface area contributed by atoms with Gasteiger partial charge < -0.3 is 39.1 Å². The molecule has 3 heterocycles. The van der Waals surface area contributed by atoms with E-state index in [9.17, 15) is 24.2 Å². The fourth-order valence-corrected chi connectivity index (χ4v) is 5.97. The van der Waals surface area contributed by atoms with Crippen LogP contribution in [0.4, 0.5) is 14.9 Å². The highest BCUT2D eigenvalue weighted by Crippen LogP contribution is 2.28. The third kappa shape index (κ3) is 9.26. The Morgan fingerprint density at radius 3 is 2.59 bits per heavy atom. The zero-order valence-corrected chi connectivity index (χ0v) is 26.4. The number of halogens is 1. The molecule has 1 aromatic rings. The summed E-state index contributed by atoms with van der Waals surface area (Å²) in [6, 6.07) is 4.43. The molecule has 0 bridgehead atoms. The molecule has 1 aromatic carbocycles. The number of hydrogen-bond donors (Lipinski definition) is 2. The number of cyclic esters (lactones) is 1. The van der Waals surface area contributed by atoms with Crippen LogP contribution in [0.1, 0.15) is 45.6 Å². The molecule has 3 aliphatic rings. The second-order valence-corrected chi connectivity index (χ2v) is 12.4. The van der Waals surface area contributed by atoms with Gasteiger partial charge in [0.1, 0.15) is 18.0 Å². The maximum Gasteiger partial charge on any atom is 0.410 e. The van der Waals surface area contributed by atoms with E-state index in [0.717, 1.165) is 13.1 Å². The smallest absolute Gasteiger partial charge is 0.410 e. The lowest BCUT2D eigenvalue weighted by Crippen LogP contribution is -2.48. The van der Waals surface area contributed by atoms with Gasteiger partial charge in [0.15, 0.2) is 0 Å². The van der Waals surface area contributed by atoms with Crippen molar-refractivity contribution >= 4 is 23.8 Å². The number of benzene rings is 1. The summed E-state index contributed by atoms with van der Waals surface area (Å²) in [5, 5.41) is 20.4. The van der Waals surface area contributed by atoms with E-state index in [1.807, 2.05) is 50.9 Å². The number of piperazine rings is 1. The van der Waals surface area contributed by atoms with E-state index >= 15 is 0 Å². The van der Waals surface area contributed by atoms with Crippen LogP contribution >= 0.6 is 0 Å². The van der Waals surface area contributed by atoms with Crippen LogP contribution in [0.5, 0.6) is 0 Å². The first-order valence-corrected chi connectivity index (χ1v) is 15.7. The van der Waals surface area contributed by atoms with Gasteiger partial charge in [-0.1, -0.05) is 26.0 Å². The highest BCUT2D eigenvalue weighted by Gasteiger charge is 2.29. The van der Waals surface area contributed by atoms with Crippen molar-refractivity contribution in [1.29, 1.82) is 0 Å². The molecule has 2 saturated heterocycles. The minimum atomic E-state index is -0.888. The largest absolute Gasteiger partial charge is 0.457 e. The van der Waals surface area contributed by atoms with Gasteiger partial charge in [0.05, 0.1) is 38.4 Å². The first-order chi connectivity index (χ1) is 21.0. The maximum absolute atomic E-state index is 14.8. The molecule has 10 nitrogen and oxygen atoms in total.